The van der Waals surface area contributed by atoms with Crippen molar-refractivity contribution in [2.75, 3.05) is 13.1 Å². The van der Waals surface area contributed by atoms with Gasteiger partial charge < -0.3 is 16.0 Å². The predicted octanol–water partition coefficient (Wildman–Crippen LogP) is 1.17. The molecule has 0 unspecified atom stereocenters. The number of nitrogens with two attached hydrogens (primary N) is 1. The van der Waals surface area contributed by atoms with E-state index >= 15 is 0 Å². The van der Waals surface area contributed by atoms with Gasteiger partial charge in [0, 0.05) is 37.0 Å². The van der Waals surface area contributed by atoms with Gasteiger partial charge in [0.25, 0.3) is 0 Å². The van der Waals surface area contributed by atoms with Crippen LogP contribution in [0.2, 0.25) is 0 Å². The summed E-state index contributed by atoms with van der Waals surface area (Å²) in [5.74, 6) is 0.716. The highest BCUT2D eigenvalue weighted by atomic mass is 16.2. The Labute approximate surface area is 126 Å². The van der Waals surface area contributed by atoms with Crippen molar-refractivity contribution in [3.05, 3.63) is 0 Å². The molecule has 5 heteroatoms. The molecule has 2 saturated carbocycles. The fraction of sp³-hybridized carbons (Fsp3) is 0.875. The lowest BCUT2D eigenvalue weighted by Crippen LogP contribution is -2.49. The van der Waals surface area contributed by atoms with Crippen LogP contribution in [0, 0.1) is 5.92 Å². The molecule has 0 aromatic heterocycles. The molecule has 0 aromatic carbocycles. The molecule has 1 heterocycles. The number of carbonyl (C=O) groups excluding carboxylic acids is 2. The van der Waals surface area contributed by atoms with Gasteiger partial charge in [-0.05, 0) is 38.5 Å². The largest absolute Gasteiger partial charge is 0.353 e. The maximum atomic E-state index is 12.1. The van der Waals surface area contributed by atoms with Crippen LogP contribution in [-0.2, 0) is 9.59 Å². The monoisotopic (exact) mass is 293 g/mol. The minimum Gasteiger partial charge on any atom is -0.353 e. The standard InChI is InChI=1S/C16H27N3O2/c17-16(7-1-2-8-16)11-14(20)18-13-5-9-19(10-6-13)15(21)12-3-4-12/h12-13H,1-11,17H2,(H,18,20). The maximum absolute atomic E-state index is 12.1. The minimum absolute atomic E-state index is 0.0892. The van der Waals surface area contributed by atoms with E-state index in [4.69, 9.17) is 5.73 Å². The van der Waals surface area contributed by atoms with Gasteiger partial charge in [0.1, 0.15) is 0 Å². The zero-order valence-corrected chi connectivity index (χ0v) is 12.8. The zero-order chi connectivity index (χ0) is 14.9. The number of carbonyl (C=O) groups is 2. The van der Waals surface area contributed by atoms with Crippen LogP contribution in [0.5, 0.6) is 0 Å². The molecule has 3 fully saturated rings. The van der Waals surface area contributed by atoms with Crippen LogP contribution in [0.3, 0.4) is 0 Å². The summed E-state index contributed by atoms with van der Waals surface area (Å²) in [6.07, 6.45) is 8.56. The van der Waals surface area contributed by atoms with Crippen molar-refractivity contribution in [3.63, 3.8) is 0 Å². The van der Waals surface area contributed by atoms with Gasteiger partial charge in [-0.15, -0.1) is 0 Å². The van der Waals surface area contributed by atoms with Gasteiger partial charge in [-0.1, -0.05) is 12.8 Å². The molecular formula is C16H27N3O2. The van der Waals surface area contributed by atoms with E-state index < -0.39 is 0 Å². The van der Waals surface area contributed by atoms with Crippen molar-refractivity contribution in [3.8, 4) is 0 Å². The van der Waals surface area contributed by atoms with Crippen LogP contribution in [0.25, 0.3) is 0 Å². The van der Waals surface area contributed by atoms with Gasteiger partial charge in [-0.3, -0.25) is 9.59 Å². The number of amides is 2. The van der Waals surface area contributed by atoms with Crippen molar-refractivity contribution in [1.82, 2.24) is 10.2 Å². The second-order valence-electron chi connectivity index (χ2n) is 7.19. The normalized spacial score (nSPS) is 25.9. The highest BCUT2D eigenvalue weighted by Crippen LogP contribution is 2.32. The molecule has 1 saturated heterocycles. The van der Waals surface area contributed by atoms with E-state index in [-0.39, 0.29) is 17.5 Å². The maximum Gasteiger partial charge on any atom is 0.225 e. The lowest BCUT2D eigenvalue weighted by atomic mass is 9.94. The highest BCUT2D eigenvalue weighted by molar-refractivity contribution is 5.81. The molecule has 1 aliphatic heterocycles. The molecule has 2 amide bonds. The first-order chi connectivity index (χ1) is 10.1. The van der Waals surface area contributed by atoms with Crippen molar-refractivity contribution in [2.45, 2.75) is 69.4 Å². The van der Waals surface area contributed by atoms with Crippen molar-refractivity contribution in [1.29, 1.82) is 0 Å². The number of piperidine rings is 1. The topological polar surface area (TPSA) is 75.4 Å². The van der Waals surface area contributed by atoms with Gasteiger partial charge in [-0.2, -0.15) is 0 Å². The summed E-state index contributed by atoms with van der Waals surface area (Å²) in [4.78, 5) is 26.1. The number of hydrogen-bond acceptors (Lipinski definition) is 3. The van der Waals surface area contributed by atoms with Gasteiger partial charge in [-0.25, -0.2) is 0 Å². The van der Waals surface area contributed by atoms with Crippen LogP contribution in [0.4, 0.5) is 0 Å². The zero-order valence-electron chi connectivity index (χ0n) is 12.8. The van der Waals surface area contributed by atoms with Crippen LogP contribution in [-0.4, -0.2) is 41.4 Å². The van der Waals surface area contributed by atoms with E-state index in [1.165, 1.54) is 0 Å². The first-order valence-corrected chi connectivity index (χ1v) is 8.43. The first kappa shape index (κ1) is 14.8. The van der Waals surface area contributed by atoms with Crippen molar-refractivity contribution >= 4 is 11.8 Å². The molecule has 5 nitrogen and oxygen atoms in total. The third kappa shape index (κ3) is 3.76. The Morgan fingerprint density at radius 3 is 2.29 bits per heavy atom. The first-order valence-electron chi connectivity index (χ1n) is 8.43. The summed E-state index contributed by atoms with van der Waals surface area (Å²) in [6.45, 7) is 1.57. The van der Waals surface area contributed by atoms with Crippen LogP contribution >= 0.6 is 0 Å². The van der Waals surface area contributed by atoms with Gasteiger partial charge in [0.2, 0.25) is 11.8 Å². The van der Waals surface area contributed by atoms with E-state index in [0.29, 0.717) is 18.2 Å². The van der Waals surface area contributed by atoms with E-state index in [9.17, 15) is 9.59 Å². The van der Waals surface area contributed by atoms with E-state index in [0.717, 1.165) is 64.5 Å². The quantitative estimate of drug-likeness (QED) is 0.817. The molecule has 0 bridgehead atoms. The molecular weight excluding hydrogens is 266 g/mol. The van der Waals surface area contributed by atoms with Crippen LogP contribution in [0.15, 0.2) is 0 Å². The number of rotatable bonds is 4. The van der Waals surface area contributed by atoms with E-state index in [2.05, 4.69) is 5.32 Å². The molecule has 2 aliphatic carbocycles. The number of nitrogens with zero attached hydrogens (tertiary/aromatic N) is 1. The summed E-state index contributed by atoms with van der Waals surface area (Å²) in [5, 5.41) is 3.12. The summed E-state index contributed by atoms with van der Waals surface area (Å²) < 4.78 is 0. The molecule has 118 valence electrons. The molecule has 3 rings (SSSR count). The molecule has 0 atom stereocenters. The Balaban J connectivity index is 1.40. The fourth-order valence-electron chi connectivity index (χ4n) is 3.69. The third-order valence-electron chi connectivity index (χ3n) is 5.21. The molecule has 21 heavy (non-hydrogen) atoms. The number of hydrogen-bond donors (Lipinski definition) is 2. The molecule has 3 aliphatic rings. The van der Waals surface area contributed by atoms with Crippen molar-refractivity contribution < 1.29 is 9.59 Å². The van der Waals surface area contributed by atoms with Crippen LogP contribution < -0.4 is 11.1 Å². The Kier molecular flexibility index (Phi) is 4.20. The summed E-state index contributed by atoms with van der Waals surface area (Å²) in [5.41, 5.74) is 5.98. The molecule has 0 spiro atoms. The summed E-state index contributed by atoms with van der Waals surface area (Å²) in [6, 6.07) is 0.214. The smallest absolute Gasteiger partial charge is 0.225 e. The van der Waals surface area contributed by atoms with Gasteiger partial charge in [0.05, 0.1) is 0 Å². The average Bonchev–Trinajstić information content (AvgIpc) is 3.22. The van der Waals surface area contributed by atoms with E-state index in [1.807, 2.05) is 4.90 Å². The Morgan fingerprint density at radius 1 is 1.10 bits per heavy atom. The summed E-state index contributed by atoms with van der Waals surface area (Å²) in [7, 11) is 0. The Bertz CT molecular complexity index is 406. The molecule has 3 N–H and O–H groups in total. The summed E-state index contributed by atoms with van der Waals surface area (Å²) >= 11 is 0. The third-order valence-corrected chi connectivity index (χ3v) is 5.21. The van der Waals surface area contributed by atoms with Gasteiger partial charge >= 0.3 is 0 Å². The lowest BCUT2D eigenvalue weighted by Gasteiger charge is -2.33. The minimum atomic E-state index is -0.271. The van der Waals surface area contributed by atoms with Crippen molar-refractivity contribution in [2.24, 2.45) is 11.7 Å². The number of nitrogens with one attached hydrogen (secondary N) is 1. The SMILES string of the molecule is NC1(CC(=O)NC2CCN(C(=O)C3CC3)CC2)CCCC1. The Morgan fingerprint density at radius 2 is 1.71 bits per heavy atom. The molecule has 0 radical (unpaired) electrons. The highest BCUT2D eigenvalue weighted by Gasteiger charge is 2.36. The van der Waals surface area contributed by atoms with Crippen LogP contribution in [0.1, 0.15) is 57.8 Å². The molecule has 0 aromatic rings. The fourth-order valence-corrected chi connectivity index (χ4v) is 3.69. The number of likely N-dealkylation sites (tertiary alicyclic amines) is 1. The predicted molar refractivity (Wildman–Crippen MR) is 80.5 cm³/mol. The Hall–Kier alpha value is -1.10. The second kappa shape index (κ2) is 5.95. The second-order valence-corrected chi connectivity index (χ2v) is 7.19. The average molecular weight is 293 g/mol. The van der Waals surface area contributed by atoms with Gasteiger partial charge in [0.15, 0.2) is 0 Å². The lowest BCUT2D eigenvalue weighted by molar-refractivity contribution is -0.133. The van der Waals surface area contributed by atoms with E-state index in [1.54, 1.807) is 0 Å².